The van der Waals surface area contributed by atoms with Crippen LogP contribution in [0.5, 0.6) is 23.0 Å². The van der Waals surface area contributed by atoms with E-state index in [1.165, 1.54) is 19.2 Å². The first-order valence-corrected chi connectivity index (χ1v) is 11.7. The van der Waals surface area contributed by atoms with Crippen LogP contribution in [-0.4, -0.2) is 32.1 Å². The predicted molar refractivity (Wildman–Crippen MR) is 104 cm³/mol. The quantitative estimate of drug-likeness (QED) is 0.282. The summed E-state index contributed by atoms with van der Waals surface area (Å²) in [6.07, 6.45) is -0.332. The van der Waals surface area contributed by atoms with Crippen LogP contribution >= 0.6 is 0 Å². The summed E-state index contributed by atoms with van der Waals surface area (Å²) in [4.78, 5) is 11.9. The van der Waals surface area contributed by atoms with Crippen LogP contribution < -0.4 is 8.92 Å². The van der Waals surface area contributed by atoms with Crippen LogP contribution in [0.3, 0.4) is 0 Å². The van der Waals surface area contributed by atoms with E-state index in [0.717, 1.165) is 6.07 Å². The Hall–Kier alpha value is -2.46. The summed E-state index contributed by atoms with van der Waals surface area (Å²) in [5, 5.41) is 10.4. The number of nitrogens with zero attached hydrogens (tertiary/aromatic N) is 1. The third-order valence-electron chi connectivity index (χ3n) is 5.24. The van der Waals surface area contributed by atoms with Gasteiger partial charge >= 0.3 is 199 Å². The predicted octanol–water partition coefficient (Wildman–Crippen LogP) is 4.00. The standard InChI is InChI=1S/C20H18F3NO7S.Pt/c1-19(2)12-4-6-14(25)10(8-16(26)29-3)17(12)30-18-11(9-24)15(7-5-13(18)19)31-32(27,28)20(21,22)23;/h4-7,25H,8-9H2,1-3H3;. The molecule has 0 fully saturated rings. The van der Waals surface area contributed by atoms with E-state index in [9.17, 15) is 31.5 Å². The Labute approximate surface area is 198 Å². The molecule has 1 N–H and O–H groups in total. The molecule has 0 radical (unpaired) electrons. The number of esters is 1. The van der Waals surface area contributed by atoms with E-state index in [4.69, 9.17) is 4.74 Å². The molecule has 0 atom stereocenters. The Kier molecular flexibility index (Phi) is 6.65. The van der Waals surface area contributed by atoms with Crippen molar-refractivity contribution in [2.75, 3.05) is 7.11 Å². The monoisotopic (exact) mass is 668 g/mol. The Bertz CT molecular complexity index is 1240. The number of rotatable bonds is 6. The molecule has 2 aromatic rings. The number of halogens is 3. The number of hydrogen-bond acceptors (Lipinski definition) is 8. The minimum absolute atomic E-state index is 0.0277. The van der Waals surface area contributed by atoms with E-state index in [1.54, 1.807) is 25.7 Å². The molecule has 1 aliphatic heterocycles. The number of aromatic hydroxyl groups is 1. The molecule has 13 heteroatoms. The maximum absolute atomic E-state index is 12.9. The van der Waals surface area contributed by atoms with E-state index < -0.39 is 32.8 Å². The Morgan fingerprint density at radius 2 is 1.73 bits per heavy atom. The third kappa shape index (κ3) is 4.50. The first kappa shape index (κ1) is 25.2. The Morgan fingerprint density at radius 1 is 1.15 bits per heavy atom. The van der Waals surface area contributed by atoms with Gasteiger partial charge in [-0.3, -0.25) is 0 Å². The van der Waals surface area contributed by atoms with Crippen molar-refractivity contribution >= 4 is 16.1 Å². The van der Waals surface area contributed by atoms with Gasteiger partial charge in [0.05, 0.1) is 0 Å². The number of alkyl halides is 3. The second-order valence-electron chi connectivity index (χ2n) is 7.58. The topological polar surface area (TPSA) is 111 Å². The average Bonchev–Trinajstić information content (AvgIpc) is 2.70. The SMILES string of the molecule is COC(=O)Cc1c(O)ccc2c1Oc1c(ccc(OS(=O)(=O)C(F)(F)F)c1C[N]=[Pt])C2(C)C. The normalized spacial score (nSPS) is 14.5. The number of carbonyl (C=O) groups is 1. The second-order valence-corrected chi connectivity index (χ2v) is 9.84. The van der Waals surface area contributed by atoms with Crippen LogP contribution in [0, 0.1) is 0 Å². The van der Waals surface area contributed by atoms with Gasteiger partial charge in [0, 0.05) is 0 Å². The number of hydrogen-bond donors (Lipinski definition) is 1. The van der Waals surface area contributed by atoms with Crippen LogP contribution in [0.25, 0.3) is 0 Å². The zero-order chi connectivity index (χ0) is 24.8. The van der Waals surface area contributed by atoms with Crippen molar-refractivity contribution in [3.8, 4) is 23.0 Å². The van der Waals surface area contributed by atoms with Gasteiger partial charge in [-0.25, -0.2) is 0 Å². The van der Waals surface area contributed by atoms with Crippen LogP contribution in [0.15, 0.2) is 27.8 Å². The molecule has 3 rings (SSSR count). The van der Waals surface area contributed by atoms with Crippen molar-refractivity contribution in [1.82, 2.24) is 0 Å². The fourth-order valence-electron chi connectivity index (χ4n) is 3.52. The second kappa shape index (κ2) is 8.72. The van der Waals surface area contributed by atoms with Gasteiger partial charge in [-0.1, -0.05) is 0 Å². The van der Waals surface area contributed by atoms with Crippen molar-refractivity contribution in [3.63, 3.8) is 0 Å². The van der Waals surface area contributed by atoms with Gasteiger partial charge in [0.2, 0.25) is 0 Å². The number of benzene rings is 2. The third-order valence-corrected chi connectivity index (χ3v) is 6.57. The maximum atomic E-state index is 12.9. The van der Waals surface area contributed by atoms with Crippen LogP contribution in [-0.2, 0) is 57.7 Å². The van der Waals surface area contributed by atoms with Crippen LogP contribution in [0.4, 0.5) is 13.2 Å². The van der Waals surface area contributed by atoms with Gasteiger partial charge in [0.25, 0.3) is 0 Å². The van der Waals surface area contributed by atoms with Gasteiger partial charge in [0.1, 0.15) is 0 Å². The van der Waals surface area contributed by atoms with E-state index in [2.05, 4.69) is 12.4 Å². The van der Waals surface area contributed by atoms with Crippen molar-refractivity contribution in [3.05, 3.63) is 46.5 Å². The molecular formula is C20H18F3NO7PtS. The number of carbonyl (C=O) groups excluding carboxylic acids is 1. The molecule has 1 heterocycles. The first-order valence-electron chi connectivity index (χ1n) is 9.26. The number of fused-ring (bicyclic) bond motifs is 2. The van der Waals surface area contributed by atoms with Crippen molar-refractivity contribution in [2.45, 2.75) is 37.7 Å². The molecule has 33 heavy (non-hydrogen) atoms. The van der Waals surface area contributed by atoms with Gasteiger partial charge in [0.15, 0.2) is 0 Å². The van der Waals surface area contributed by atoms with Crippen molar-refractivity contribution in [1.29, 1.82) is 0 Å². The first-order chi connectivity index (χ1) is 15.2. The summed E-state index contributed by atoms with van der Waals surface area (Å²) in [6.45, 7) is 3.39. The molecule has 182 valence electrons. The molecule has 0 aliphatic carbocycles. The van der Waals surface area contributed by atoms with E-state index >= 15 is 0 Å². The Balaban J connectivity index is 2.24. The van der Waals surface area contributed by atoms with Gasteiger partial charge < -0.3 is 0 Å². The number of ether oxygens (including phenoxy) is 2. The summed E-state index contributed by atoms with van der Waals surface area (Å²) < 4.78 is 80.9. The molecule has 2 aromatic carbocycles. The Morgan fingerprint density at radius 3 is 2.27 bits per heavy atom. The molecule has 0 spiro atoms. The number of phenolic OH excluding ortho intramolecular Hbond substituents is 1. The summed E-state index contributed by atoms with van der Waals surface area (Å²) in [5.74, 6) is -1.35. The molecule has 0 aromatic heterocycles. The van der Waals surface area contributed by atoms with Gasteiger partial charge in [-0.05, 0) is 0 Å². The summed E-state index contributed by atoms with van der Waals surface area (Å²) in [5.41, 5.74) is -5.24. The van der Waals surface area contributed by atoms with Crippen LogP contribution in [0.2, 0.25) is 0 Å². The van der Waals surface area contributed by atoms with Gasteiger partial charge in [-0.15, -0.1) is 0 Å². The molecule has 0 unspecified atom stereocenters. The zero-order valence-corrected chi connectivity index (χ0v) is 20.5. The molecular weight excluding hydrogens is 650 g/mol. The summed E-state index contributed by atoms with van der Waals surface area (Å²) in [6, 6.07) is 5.53. The van der Waals surface area contributed by atoms with Crippen LogP contribution in [0.1, 0.15) is 36.1 Å². The number of phenols is 1. The fourth-order valence-corrected chi connectivity index (χ4v) is 4.37. The molecule has 1 aliphatic rings. The number of methoxy groups -OCH3 is 1. The summed E-state index contributed by atoms with van der Waals surface area (Å²) >= 11 is 1.60. The molecule has 8 nitrogen and oxygen atoms in total. The minimum atomic E-state index is -5.94. The molecule has 0 bridgehead atoms. The molecule has 0 amide bonds. The van der Waals surface area contributed by atoms with Crippen molar-refractivity contribution in [2.24, 2.45) is 3.50 Å². The van der Waals surface area contributed by atoms with E-state index in [-0.39, 0.29) is 41.3 Å². The van der Waals surface area contributed by atoms with E-state index in [0.29, 0.717) is 11.1 Å². The molecule has 0 saturated heterocycles. The fraction of sp³-hybridized carbons (Fsp3) is 0.350. The van der Waals surface area contributed by atoms with Crippen molar-refractivity contribution < 1.29 is 64.8 Å². The zero-order valence-electron chi connectivity index (χ0n) is 17.4. The summed E-state index contributed by atoms with van der Waals surface area (Å²) in [7, 11) is -4.76. The van der Waals surface area contributed by atoms with Gasteiger partial charge in [-0.2, -0.15) is 0 Å². The molecule has 0 saturated carbocycles. The average molecular weight is 669 g/mol. The van der Waals surface area contributed by atoms with E-state index in [1.807, 2.05) is 13.8 Å².